The maximum absolute atomic E-state index is 5.61. The fraction of sp³-hybridized carbons (Fsp3) is 0.833. The van der Waals surface area contributed by atoms with E-state index >= 15 is 0 Å². The third-order valence-corrected chi connectivity index (χ3v) is 3.10. The van der Waals surface area contributed by atoms with Gasteiger partial charge in [-0.3, -0.25) is 0 Å². The molecule has 3 unspecified atom stereocenters. The summed E-state index contributed by atoms with van der Waals surface area (Å²) in [7, 11) is 0. The molecule has 0 aromatic carbocycles. The molecule has 1 N–H and O–H groups in total. The second-order valence-corrected chi connectivity index (χ2v) is 4.06. The van der Waals surface area contributed by atoms with Gasteiger partial charge in [-0.2, -0.15) is 0 Å². The SMILES string of the molecule is C=CCCC(NCC)C1CCOC1C. The van der Waals surface area contributed by atoms with Crippen molar-refractivity contribution in [2.75, 3.05) is 13.2 Å². The summed E-state index contributed by atoms with van der Waals surface area (Å²) in [5.74, 6) is 0.690. The van der Waals surface area contributed by atoms with Crippen LogP contribution in [0.25, 0.3) is 0 Å². The van der Waals surface area contributed by atoms with E-state index in [2.05, 4.69) is 25.7 Å². The van der Waals surface area contributed by atoms with Crippen LogP contribution in [-0.2, 0) is 4.74 Å². The molecule has 14 heavy (non-hydrogen) atoms. The van der Waals surface area contributed by atoms with Crippen LogP contribution in [-0.4, -0.2) is 25.3 Å². The molecule has 1 aliphatic heterocycles. The monoisotopic (exact) mass is 197 g/mol. The van der Waals surface area contributed by atoms with E-state index in [4.69, 9.17) is 4.74 Å². The summed E-state index contributed by atoms with van der Waals surface area (Å²) in [6, 6.07) is 0.607. The van der Waals surface area contributed by atoms with Crippen molar-refractivity contribution >= 4 is 0 Å². The van der Waals surface area contributed by atoms with Crippen molar-refractivity contribution in [1.82, 2.24) is 5.32 Å². The van der Waals surface area contributed by atoms with E-state index in [1.807, 2.05) is 6.08 Å². The van der Waals surface area contributed by atoms with E-state index in [-0.39, 0.29) is 0 Å². The Bertz CT molecular complexity index is 170. The Morgan fingerprint density at radius 1 is 1.64 bits per heavy atom. The Kier molecular flexibility index (Phi) is 5.20. The molecule has 0 aromatic rings. The lowest BCUT2D eigenvalue weighted by Gasteiger charge is -2.26. The number of hydrogen-bond donors (Lipinski definition) is 1. The van der Waals surface area contributed by atoms with Crippen LogP contribution in [0.15, 0.2) is 12.7 Å². The lowest BCUT2D eigenvalue weighted by Crippen LogP contribution is -2.39. The van der Waals surface area contributed by atoms with Crippen LogP contribution in [0.4, 0.5) is 0 Å². The zero-order valence-corrected chi connectivity index (χ0v) is 9.46. The summed E-state index contributed by atoms with van der Waals surface area (Å²) < 4.78 is 5.61. The molecule has 2 nitrogen and oxygen atoms in total. The van der Waals surface area contributed by atoms with E-state index in [1.165, 1.54) is 12.8 Å². The molecular formula is C12H23NO. The largest absolute Gasteiger partial charge is 0.378 e. The highest BCUT2D eigenvalue weighted by molar-refractivity contribution is 4.85. The third-order valence-electron chi connectivity index (χ3n) is 3.10. The van der Waals surface area contributed by atoms with Gasteiger partial charge in [0.15, 0.2) is 0 Å². The molecule has 0 amide bonds. The van der Waals surface area contributed by atoms with Crippen molar-refractivity contribution in [1.29, 1.82) is 0 Å². The van der Waals surface area contributed by atoms with Crippen LogP contribution in [0.5, 0.6) is 0 Å². The highest BCUT2D eigenvalue weighted by atomic mass is 16.5. The third kappa shape index (κ3) is 3.10. The zero-order chi connectivity index (χ0) is 10.4. The van der Waals surface area contributed by atoms with Crippen molar-refractivity contribution in [3.8, 4) is 0 Å². The molecule has 0 saturated carbocycles. The highest BCUT2D eigenvalue weighted by Crippen LogP contribution is 2.26. The normalized spacial score (nSPS) is 29.0. The maximum Gasteiger partial charge on any atom is 0.0590 e. The number of ether oxygens (including phenoxy) is 1. The predicted octanol–water partition coefficient (Wildman–Crippen LogP) is 2.36. The van der Waals surface area contributed by atoms with Crippen LogP contribution >= 0.6 is 0 Å². The first kappa shape index (κ1) is 11.7. The van der Waals surface area contributed by atoms with Crippen molar-refractivity contribution in [2.45, 2.75) is 45.3 Å². The number of allylic oxidation sites excluding steroid dienone is 1. The van der Waals surface area contributed by atoms with E-state index in [1.54, 1.807) is 0 Å². The summed E-state index contributed by atoms with van der Waals surface area (Å²) in [6.45, 7) is 10.1. The van der Waals surface area contributed by atoms with Crippen LogP contribution in [0.1, 0.15) is 33.1 Å². The Morgan fingerprint density at radius 2 is 2.43 bits per heavy atom. The summed E-state index contributed by atoms with van der Waals surface area (Å²) in [5.41, 5.74) is 0. The molecule has 0 radical (unpaired) electrons. The molecule has 0 spiro atoms. The summed E-state index contributed by atoms with van der Waals surface area (Å²) >= 11 is 0. The van der Waals surface area contributed by atoms with Gasteiger partial charge in [0.2, 0.25) is 0 Å². The molecule has 0 aromatic heterocycles. The van der Waals surface area contributed by atoms with Crippen molar-refractivity contribution in [3.05, 3.63) is 12.7 Å². The predicted molar refractivity (Wildman–Crippen MR) is 60.4 cm³/mol. The van der Waals surface area contributed by atoms with Gasteiger partial charge in [0, 0.05) is 18.6 Å². The van der Waals surface area contributed by atoms with Gasteiger partial charge >= 0.3 is 0 Å². The van der Waals surface area contributed by atoms with Crippen molar-refractivity contribution in [2.24, 2.45) is 5.92 Å². The lowest BCUT2D eigenvalue weighted by molar-refractivity contribution is 0.0946. The summed E-state index contributed by atoms with van der Waals surface area (Å²) in [4.78, 5) is 0. The van der Waals surface area contributed by atoms with Crippen molar-refractivity contribution in [3.63, 3.8) is 0 Å². The average Bonchev–Trinajstić information content (AvgIpc) is 2.59. The quantitative estimate of drug-likeness (QED) is 0.660. The van der Waals surface area contributed by atoms with Gasteiger partial charge in [-0.1, -0.05) is 13.0 Å². The molecule has 1 rings (SSSR count). The summed E-state index contributed by atoms with van der Waals surface area (Å²) in [6.07, 6.45) is 5.92. The van der Waals surface area contributed by atoms with Gasteiger partial charge in [-0.25, -0.2) is 0 Å². The molecule has 1 heterocycles. The average molecular weight is 197 g/mol. The minimum atomic E-state index is 0.420. The van der Waals surface area contributed by atoms with Crippen LogP contribution in [0.2, 0.25) is 0 Å². The first-order valence-electron chi connectivity index (χ1n) is 5.75. The fourth-order valence-electron chi connectivity index (χ4n) is 2.30. The molecule has 1 aliphatic rings. The molecule has 2 heteroatoms. The second kappa shape index (κ2) is 6.20. The van der Waals surface area contributed by atoms with Gasteiger partial charge < -0.3 is 10.1 Å². The van der Waals surface area contributed by atoms with Crippen LogP contribution < -0.4 is 5.32 Å². The molecule has 1 saturated heterocycles. The van der Waals surface area contributed by atoms with Crippen molar-refractivity contribution < 1.29 is 4.74 Å². The van der Waals surface area contributed by atoms with Gasteiger partial charge in [0.25, 0.3) is 0 Å². The minimum absolute atomic E-state index is 0.420. The minimum Gasteiger partial charge on any atom is -0.378 e. The Hall–Kier alpha value is -0.340. The molecule has 1 fully saturated rings. The van der Waals surface area contributed by atoms with E-state index < -0.39 is 0 Å². The summed E-state index contributed by atoms with van der Waals surface area (Å²) in [5, 5.41) is 3.56. The number of nitrogens with one attached hydrogen (secondary N) is 1. The van der Waals surface area contributed by atoms with Gasteiger partial charge in [-0.15, -0.1) is 6.58 Å². The Balaban J connectivity index is 2.42. The van der Waals surface area contributed by atoms with E-state index in [0.717, 1.165) is 19.6 Å². The molecule has 82 valence electrons. The lowest BCUT2D eigenvalue weighted by atomic mass is 9.90. The topological polar surface area (TPSA) is 21.3 Å². The Morgan fingerprint density at radius 3 is 2.93 bits per heavy atom. The smallest absolute Gasteiger partial charge is 0.0590 e. The van der Waals surface area contributed by atoms with E-state index in [9.17, 15) is 0 Å². The number of rotatable bonds is 6. The molecule has 0 bridgehead atoms. The first-order chi connectivity index (χ1) is 6.79. The second-order valence-electron chi connectivity index (χ2n) is 4.06. The molecule has 0 aliphatic carbocycles. The maximum atomic E-state index is 5.61. The molecule has 3 atom stereocenters. The van der Waals surface area contributed by atoms with Gasteiger partial charge in [0.05, 0.1) is 6.10 Å². The van der Waals surface area contributed by atoms with E-state index in [0.29, 0.717) is 18.1 Å². The van der Waals surface area contributed by atoms with Gasteiger partial charge in [0.1, 0.15) is 0 Å². The Labute approximate surface area is 87.7 Å². The highest BCUT2D eigenvalue weighted by Gasteiger charge is 2.30. The van der Waals surface area contributed by atoms with Crippen LogP contribution in [0.3, 0.4) is 0 Å². The molecular weight excluding hydrogens is 174 g/mol. The first-order valence-corrected chi connectivity index (χ1v) is 5.75. The standard InChI is InChI=1S/C12H23NO/c1-4-6-7-12(13-5-2)11-8-9-14-10(11)3/h4,10-13H,1,5-9H2,2-3H3. The fourth-order valence-corrected chi connectivity index (χ4v) is 2.30. The van der Waals surface area contributed by atoms with Gasteiger partial charge in [-0.05, 0) is 32.7 Å². The zero-order valence-electron chi connectivity index (χ0n) is 9.46. The van der Waals surface area contributed by atoms with Crippen LogP contribution in [0, 0.1) is 5.92 Å². The number of hydrogen-bond acceptors (Lipinski definition) is 2.